The van der Waals surface area contributed by atoms with Gasteiger partial charge in [0.1, 0.15) is 4.21 Å². The Morgan fingerprint density at radius 2 is 2.25 bits per heavy atom. The van der Waals surface area contributed by atoms with E-state index in [1.165, 1.54) is 27.0 Å². The fraction of sp³-hybridized carbons (Fsp3) is 0.429. The van der Waals surface area contributed by atoms with E-state index in [4.69, 9.17) is 0 Å². The molecule has 0 spiro atoms. The highest BCUT2D eigenvalue weighted by Gasteiger charge is 2.34. The standard InChI is InChI=1S/C14H16BrN3O3S3/c1-9-8-22-14(16-9)17-13(19)10-3-2-6-18(7-10)24(20,21)12-5-4-11(15)23-12/h4-5,8,10H,2-3,6-7H2,1H3,(H,16,17,19)/t10-/m1/s1. The Morgan fingerprint density at radius 3 is 2.88 bits per heavy atom. The van der Waals surface area contributed by atoms with Crippen LogP contribution in [0.5, 0.6) is 0 Å². The van der Waals surface area contributed by atoms with Gasteiger partial charge in [-0.05, 0) is 47.8 Å². The third-order valence-corrected chi connectivity index (χ3v) is 8.58. The Hall–Kier alpha value is -0.810. The summed E-state index contributed by atoms with van der Waals surface area (Å²) in [4.78, 5) is 16.6. The molecule has 0 aromatic carbocycles. The lowest BCUT2D eigenvalue weighted by Crippen LogP contribution is -2.43. The topological polar surface area (TPSA) is 79.4 Å². The van der Waals surface area contributed by atoms with E-state index in [2.05, 4.69) is 26.2 Å². The molecule has 1 atom stereocenters. The normalized spacial score (nSPS) is 19.3. The molecule has 2 aromatic heterocycles. The predicted octanol–water partition coefficient (Wildman–Crippen LogP) is 3.31. The van der Waals surface area contributed by atoms with Crippen molar-refractivity contribution in [2.24, 2.45) is 5.92 Å². The van der Waals surface area contributed by atoms with Crippen LogP contribution in [0.3, 0.4) is 0 Å². The van der Waals surface area contributed by atoms with Gasteiger partial charge in [0.2, 0.25) is 5.91 Å². The zero-order valence-electron chi connectivity index (χ0n) is 12.9. The number of aryl methyl sites for hydroxylation is 1. The predicted molar refractivity (Wildman–Crippen MR) is 99.0 cm³/mol. The van der Waals surface area contributed by atoms with Crippen molar-refractivity contribution in [2.45, 2.75) is 24.0 Å². The highest BCUT2D eigenvalue weighted by molar-refractivity contribution is 9.11. The average Bonchev–Trinajstić information content (AvgIpc) is 3.16. The highest BCUT2D eigenvalue weighted by Crippen LogP contribution is 2.31. The van der Waals surface area contributed by atoms with Crippen molar-refractivity contribution in [3.63, 3.8) is 0 Å². The summed E-state index contributed by atoms with van der Waals surface area (Å²) in [6.45, 7) is 2.51. The maximum atomic E-state index is 12.7. The maximum Gasteiger partial charge on any atom is 0.252 e. The number of nitrogens with zero attached hydrogens (tertiary/aromatic N) is 2. The van der Waals surface area contributed by atoms with Gasteiger partial charge < -0.3 is 5.32 Å². The fourth-order valence-corrected chi connectivity index (χ4v) is 6.94. The summed E-state index contributed by atoms with van der Waals surface area (Å²) < 4.78 is 27.9. The molecule has 2 aromatic rings. The van der Waals surface area contributed by atoms with Crippen molar-refractivity contribution in [1.29, 1.82) is 0 Å². The minimum absolute atomic E-state index is 0.170. The van der Waals surface area contributed by atoms with Gasteiger partial charge in [0.25, 0.3) is 10.0 Å². The van der Waals surface area contributed by atoms with E-state index in [1.54, 1.807) is 12.1 Å². The van der Waals surface area contributed by atoms with Crippen molar-refractivity contribution in [3.8, 4) is 0 Å². The first-order valence-corrected chi connectivity index (χ1v) is 11.3. The second-order valence-electron chi connectivity index (χ2n) is 5.54. The van der Waals surface area contributed by atoms with Gasteiger partial charge >= 0.3 is 0 Å². The van der Waals surface area contributed by atoms with Crippen molar-refractivity contribution in [2.75, 3.05) is 18.4 Å². The number of amides is 1. The summed E-state index contributed by atoms with van der Waals surface area (Å²) in [5.41, 5.74) is 0.853. The van der Waals surface area contributed by atoms with Gasteiger partial charge in [-0.2, -0.15) is 4.31 Å². The van der Waals surface area contributed by atoms with E-state index >= 15 is 0 Å². The summed E-state index contributed by atoms with van der Waals surface area (Å²) in [5, 5.41) is 5.21. The first kappa shape index (κ1) is 18.0. The molecule has 1 aliphatic heterocycles. The third kappa shape index (κ3) is 3.88. The van der Waals surface area contributed by atoms with Crippen LogP contribution in [-0.4, -0.2) is 36.7 Å². The molecule has 0 bridgehead atoms. The molecule has 0 unspecified atom stereocenters. The number of hydrogen-bond acceptors (Lipinski definition) is 6. The van der Waals surface area contributed by atoms with Crippen LogP contribution in [0.1, 0.15) is 18.5 Å². The Bertz CT molecular complexity index is 846. The number of aromatic nitrogens is 1. The second kappa shape index (κ2) is 7.20. The minimum atomic E-state index is -3.55. The average molecular weight is 450 g/mol. The van der Waals surface area contributed by atoms with E-state index in [0.29, 0.717) is 28.7 Å². The quantitative estimate of drug-likeness (QED) is 0.775. The number of sulfonamides is 1. The number of thiophene rings is 1. The number of piperidine rings is 1. The number of anilines is 1. The summed E-state index contributed by atoms with van der Waals surface area (Å²) in [6, 6.07) is 3.31. The lowest BCUT2D eigenvalue weighted by Gasteiger charge is -2.30. The molecule has 1 amide bonds. The molecule has 0 saturated carbocycles. The van der Waals surface area contributed by atoms with Crippen molar-refractivity contribution in [1.82, 2.24) is 9.29 Å². The van der Waals surface area contributed by atoms with Crippen molar-refractivity contribution in [3.05, 3.63) is 27.0 Å². The Kier molecular flexibility index (Phi) is 5.40. The van der Waals surface area contributed by atoms with Crippen LogP contribution in [0.4, 0.5) is 5.13 Å². The van der Waals surface area contributed by atoms with Gasteiger partial charge in [0, 0.05) is 18.5 Å². The zero-order valence-corrected chi connectivity index (χ0v) is 16.9. The first-order valence-electron chi connectivity index (χ1n) is 7.35. The second-order valence-corrected chi connectivity index (χ2v) is 11.0. The van der Waals surface area contributed by atoms with Crippen LogP contribution < -0.4 is 5.32 Å². The van der Waals surface area contributed by atoms with Crippen LogP contribution in [0, 0.1) is 12.8 Å². The highest BCUT2D eigenvalue weighted by atomic mass is 79.9. The minimum Gasteiger partial charge on any atom is -0.302 e. The number of carbonyl (C=O) groups excluding carboxylic acids is 1. The van der Waals surface area contributed by atoms with Crippen molar-refractivity contribution < 1.29 is 13.2 Å². The van der Waals surface area contributed by atoms with Gasteiger partial charge in [-0.25, -0.2) is 13.4 Å². The van der Waals surface area contributed by atoms with Gasteiger partial charge in [0.15, 0.2) is 5.13 Å². The molecule has 130 valence electrons. The number of halogens is 1. The SMILES string of the molecule is Cc1csc(NC(=O)[C@@H]2CCCN(S(=O)(=O)c3ccc(Br)s3)C2)n1. The lowest BCUT2D eigenvalue weighted by atomic mass is 9.99. The summed E-state index contributed by atoms with van der Waals surface area (Å²) >= 11 is 5.84. The molecule has 24 heavy (non-hydrogen) atoms. The van der Waals surface area contributed by atoms with E-state index < -0.39 is 10.0 Å². The van der Waals surface area contributed by atoms with Crippen LogP contribution in [0.15, 0.2) is 25.5 Å². The van der Waals surface area contributed by atoms with Gasteiger partial charge in [-0.15, -0.1) is 22.7 Å². The van der Waals surface area contributed by atoms with E-state index in [1.807, 2.05) is 12.3 Å². The lowest BCUT2D eigenvalue weighted by molar-refractivity contribution is -0.120. The van der Waals surface area contributed by atoms with Crippen LogP contribution in [0.25, 0.3) is 0 Å². The molecule has 1 saturated heterocycles. The third-order valence-electron chi connectivity index (χ3n) is 3.75. The first-order chi connectivity index (χ1) is 11.4. The smallest absolute Gasteiger partial charge is 0.252 e. The molecular weight excluding hydrogens is 434 g/mol. The summed E-state index contributed by atoms with van der Waals surface area (Å²) in [7, 11) is -3.55. The molecular formula is C14H16BrN3O3S3. The number of carbonyl (C=O) groups is 1. The van der Waals surface area contributed by atoms with Gasteiger partial charge in [-0.1, -0.05) is 0 Å². The number of hydrogen-bond donors (Lipinski definition) is 1. The molecule has 1 fully saturated rings. The molecule has 10 heteroatoms. The number of thiazole rings is 1. The Balaban J connectivity index is 1.71. The molecule has 0 radical (unpaired) electrons. The molecule has 3 heterocycles. The van der Waals surface area contributed by atoms with Crippen molar-refractivity contribution >= 4 is 59.7 Å². The van der Waals surface area contributed by atoms with Crippen LogP contribution >= 0.6 is 38.6 Å². The summed E-state index contributed by atoms with van der Waals surface area (Å²) in [5.74, 6) is -0.530. The molecule has 6 nitrogen and oxygen atoms in total. The van der Waals surface area contributed by atoms with Gasteiger partial charge in [-0.3, -0.25) is 4.79 Å². The largest absolute Gasteiger partial charge is 0.302 e. The maximum absolute atomic E-state index is 12.7. The number of rotatable bonds is 4. The summed E-state index contributed by atoms with van der Waals surface area (Å²) in [6.07, 6.45) is 1.34. The zero-order chi connectivity index (χ0) is 17.3. The molecule has 1 aliphatic rings. The van der Waals surface area contributed by atoms with E-state index in [9.17, 15) is 13.2 Å². The van der Waals surface area contributed by atoms with Crippen LogP contribution in [0.2, 0.25) is 0 Å². The Labute approximate surface area is 157 Å². The molecule has 1 N–H and O–H groups in total. The number of nitrogens with one attached hydrogen (secondary N) is 1. The van der Waals surface area contributed by atoms with Crippen LogP contribution in [-0.2, 0) is 14.8 Å². The van der Waals surface area contributed by atoms with E-state index in [0.717, 1.165) is 9.48 Å². The van der Waals surface area contributed by atoms with E-state index in [-0.39, 0.29) is 18.4 Å². The Morgan fingerprint density at radius 1 is 1.46 bits per heavy atom. The fourth-order valence-electron chi connectivity index (χ4n) is 2.56. The molecule has 3 rings (SSSR count). The van der Waals surface area contributed by atoms with Gasteiger partial charge in [0.05, 0.1) is 15.4 Å². The molecule has 0 aliphatic carbocycles. The monoisotopic (exact) mass is 449 g/mol.